The Labute approximate surface area is 172 Å². The van der Waals surface area contributed by atoms with Gasteiger partial charge in [0.05, 0.1) is 17.5 Å². The summed E-state index contributed by atoms with van der Waals surface area (Å²) < 4.78 is 14.2. The standard InChI is InChI=1S/C23H20FN3O3/c1-12-4-7-14(8-5-12)27-20(28)18-17-3-2-10-26(17)23(19(18)21(27)29)15-11-13(24)6-9-16(15)25-22(23)30/h4-9,11,17-19H,2-3,10H2,1H3,(H,25,30)/t17-,18+,19+,23-/m0/s1. The topological polar surface area (TPSA) is 69.7 Å². The molecule has 6 nitrogen and oxygen atoms in total. The highest BCUT2D eigenvalue weighted by molar-refractivity contribution is 6.25. The van der Waals surface area contributed by atoms with Gasteiger partial charge in [-0.25, -0.2) is 9.29 Å². The predicted octanol–water partition coefficient (Wildman–Crippen LogP) is 2.57. The number of benzene rings is 2. The quantitative estimate of drug-likeness (QED) is 0.741. The Bertz CT molecular complexity index is 1130. The van der Waals surface area contributed by atoms with Crippen molar-refractivity contribution in [2.45, 2.75) is 31.3 Å². The number of rotatable bonds is 1. The van der Waals surface area contributed by atoms with Crippen molar-refractivity contribution < 1.29 is 18.8 Å². The van der Waals surface area contributed by atoms with Gasteiger partial charge in [-0.05, 0) is 56.6 Å². The van der Waals surface area contributed by atoms with E-state index < -0.39 is 23.2 Å². The third-order valence-corrected chi connectivity index (χ3v) is 7.25. The molecule has 7 heteroatoms. The zero-order chi connectivity index (χ0) is 20.8. The first kappa shape index (κ1) is 17.8. The second-order valence-corrected chi connectivity index (χ2v) is 8.66. The molecule has 30 heavy (non-hydrogen) atoms. The molecule has 0 aliphatic carbocycles. The average Bonchev–Trinajstić information content (AvgIpc) is 3.42. The minimum atomic E-state index is -1.34. The number of anilines is 2. The molecule has 2 aromatic rings. The van der Waals surface area contributed by atoms with Crippen LogP contribution in [-0.2, 0) is 19.9 Å². The molecule has 6 rings (SSSR count). The summed E-state index contributed by atoms with van der Waals surface area (Å²) in [6, 6.07) is 11.2. The van der Waals surface area contributed by atoms with E-state index in [4.69, 9.17) is 0 Å². The van der Waals surface area contributed by atoms with Crippen molar-refractivity contribution in [2.24, 2.45) is 11.8 Å². The second-order valence-electron chi connectivity index (χ2n) is 8.66. The molecule has 152 valence electrons. The highest BCUT2D eigenvalue weighted by Crippen LogP contribution is 2.60. The summed E-state index contributed by atoms with van der Waals surface area (Å²) >= 11 is 0. The molecule has 4 aliphatic rings. The molecule has 1 N–H and O–H groups in total. The molecular formula is C23H20FN3O3. The number of carbonyl (C=O) groups excluding carboxylic acids is 3. The molecule has 3 saturated heterocycles. The summed E-state index contributed by atoms with van der Waals surface area (Å²) in [6.45, 7) is 2.54. The van der Waals surface area contributed by atoms with Crippen molar-refractivity contribution in [3.63, 3.8) is 0 Å². The van der Waals surface area contributed by atoms with Gasteiger partial charge in [-0.15, -0.1) is 0 Å². The molecule has 2 aromatic carbocycles. The number of carbonyl (C=O) groups is 3. The Hall–Kier alpha value is -3.06. The smallest absolute Gasteiger partial charge is 0.250 e. The molecule has 3 amide bonds. The van der Waals surface area contributed by atoms with E-state index in [0.717, 1.165) is 18.4 Å². The van der Waals surface area contributed by atoms with E-state index in [2.05, 4.69) is 5.32 Å². The van der Waals surface area contributed by atoms with Gasteiger partial charge in [-0.1, -0.05) is 17.7 Å². The van der Waals surface area contributed by atoms with E-state index in [0.29, 0.717) is 23.5 Å². The van der Waals surface area contributed by atoms with Gasteiger partial charge in [-0.2, -0.15) is 0 Å². The summed E-state index contributed by atoms with van der Waals surface area (Å²) in [7, 11) is 0. The number of hydrogen-bond acceptors (Lipinski definition) is 4. The maximum absolute atomic E-state index is 14.2. The van der Waals surface area contributed by atoms with Crippen molar-refractivity contribution >= 4 is 29.1 Å². The van der Waals surface area contributed by atoms with Crippen LogP contribution in [0.15, 0.2) is 42.5 Å². The van der Waals surface area contributed by atoms with Gasteiger partial charge >= 0.3 is 0 Å². The molecule has 0 unspecified atom stereocenters. The number of fused-ring (bicyclic) bond motifs is 7. The fraction of sp³-hybridized carbons (Fsp3) is 0.348. The molecular weight excluding hydrogens is 385 g/mol. The maximum atomic E-state index is 14.2. The van der Waals surface area contributed by atoms with Crippen LogP contribution in [-0.4, -0.2) is 35.2 Å². The van der Waals surface area contributed by atoms with Crippen LogP contribution in [0.4, 0.5) is 15.8 Å². The van der Waals surface area contributed by atoms with E-state index >= 15 is 0 Å². The van der Waals surface area contributed by atoms with Crippen LogP contribution in [0.25, 0.3) is 0 Å². The Kier molecular flexibility index (Phi) is 3.41. The van der Waals surface area contributed by atoms with Crippen LogP contribution in [0.3, 0.4) is 0 Å². The third-order valence-electron chi connectivity index (χ3n) is 7.25. The van der Waals surface area contributed by atoms with E-state index in [1.165, 1.54) is 23.1 Å². The van der Waals surface area contributed by atoms with Gasteiger partial charge in [0.15, 0.2) is 0 Å². The summed E-state index contributed by atoms with van der Waals surface area (Å²) in [6.07, 6.45) is 1.57. The maximum Gasteiger partial charge on any atom is 0.250 e. The van der Waals surface area contributed by atoms with Crippen molar-refractivity contribution in [1.29, 1.82) is 0 Å². The van der Waals surface area contributed by atoms with Crippen LogP contribution in [0, 0.1) is 24.6 Å². The van der Waals surface area contributed by atoms with Gasteiger partial charge < -0.3 is 5.32 Å². The van der Waals surface area contributed by atoms with Gasteiger partial charge in [0.25, 0.3) is 0 Å². The van der Waals surface area contributed by atoms with E-state index in [1.54, 1.807) is 12.1 Å². The summed E-state index contributed by atoms with van der Waals surface area (Å²) in [5.74, 6) is -2.91. The number of nitrogens with one attached hydrogen (secondary N) is 1. The number of imide groups is 1. The van der Waals surface area contributed by atoms with Crippen LogP contribution in [0.1, 0.15) is 24.0 Å². The number of halogens is 1. The first-order valence-electron chi connectivity index (χ1n) is 10.3. The Morgan fingerprint density at radius 3 is 2.60 bits per heavy atom. The van der Waals surface area contributed by atoms with Crippen LogP contribution >= 0.6 is 0 Å². The summed E-state index contributed by atoms with van der Waals surface area (Å²) in [4.78, 5) is 43.9. The zero-order valence-corrected chi connectivity index (χ0v) is 16.4. The zero-order valence-electron chi connectivity index (χ0n) is 16.4. The van der Waals surface area contributed by atoms with E-state index in [1.807, 2.05) is 24.0 Å². The first-order valence-corrected chi connectivity index (χ1v) is 10.3. The van der Waals surface area contributed by atoms with E-state index in [9.17, 15) is 18.8 Å². The summed E-state index contributed by atoms with van der Waals surface area (Å²) in [5, 5.41) is 2.85. The minimum absolute atomic E-state index is 0.207. The predicted molar refractivity (Wildman–Crippen MR) is 107 cm³/mol. The lowest BCUT2D eigenvalue weighted by Gasteiger charge is -2.36. The Balaban J connectivity index is 1.56. The Morgan fingerprint density at radius 1 is 1.07 bits per heavy atom. The van der Waals surface area contributed by atoms with Gasteiger partial charge in [0, 0.05) is 17.3 Å². The van der Waals surface area contributed by atoms with Crippen molar-refractivity contribution in [2.75, 3.05) is 16.8 Å². The van der Waals surface area contributed by atoms with E-state index in [-0.39, 0.29) is 23.8 Å². The van der Waals surface area contributed by atoms with Crippen LogP contribution in [0.2, 0.25) is 0 Å². The molecule has 1 spiro atoms. The Morgan fingerprint density at radius 2 is 1.83 bits per heavy atom. The highest BCUT2D eigenvalue weighted by atomic mass is 19.1. The largest absolute Gasteiger partial charge is 0.324 e. The molecule has 0 bridgehead atoms. The first-order chi connectivity index (χ1) is 14.4. The van der Waals surface area contributed by atoms with Crippen molar-refractivity contribution in [3.05, 3.63) is 59.4 Å². The second kappa shape index (κ2) is 5.76. The van der Waals surface area contributed by atoms with Crippen molar-refractivity contribution in [1.82, 2.24) is 4.90 Å². The molecule has 4 heterocycles. The van der Waals surface area contributed by atoms with Crippen LogP contribution < -0.4 is 10.2 Å². The van der Waals surface area contributed by atoms with Crippen LogP contribution in [0.5, 0.6) is 0 Å². The number of aryl methyl sites for hydroxylation is 1. The highest BCUT2D eigenvalue weighted by Gasteiger charge is 2.74. The van der Waals surface area contributed by atoms with Gasteiger partial charge in [-0.3, -0.25) is 19.3 Å². The SMILES string of the molecule is Cc1ccc(N2C(=O)[C@@H]3[C@@H]4CCCN4[C@]4(C(=O)Nc5ccc(F)cc54)[C@H]3C2=O)cc1. The number of amides is 3. The van der Waals surface area contributed by atoms with Gasteiger partial charge in [0.1, 0.15) is 11.4 Å². The molecule has 3 fully saturated rings. The third kappa shape index (κ3) is 1.94. The fourth-order valence-electron chi connectivity index (χ4n) is 6.12. The van der Waals surface area contributed by atoms with Crippen molar-refractivity contribution in [3.8, 4) is 0 Å². The summed E-state index contributed by atoms with van der Waals surface area (Å²) in [5.41, 5.74) is 1.19. The molecule has 0 aromatic heterocycles. The monoisotopic (exact) mass is 405 g/mol. The lowest BCUT2D eigenvalue weighted by atomic mass is 9.75. The van der Waals surface area contributed by atoms with Gasteiger partial charge in [0.2, 0.25) is 17.7 Å². The molecule has 4 atom stereocenters. The molecule has 0 radical (unpaired) electrons. The normalized spacial score (nSPS) is 32.0. The molecule has 4 aliphatic heterocycles. The lowest BCUT2D eigenvalue weighted by Crippen LogP contribution is -2.54. The number of nitrogens with zero attached hydrogens (tertiary/aromatic N) is 2. The average molecular weight is 405 g/mol. The number of hydrogen-bond donors (Lipinski definition) is 1. The molecule has 0 saturated carbocycles. The fourth-order valence-corrected chi connectivity index (χ4v) is 6.12. The lowest BCUT2D eigenvalue weighted by molar-refractivity contribution is -0.135. The minimum Gasteiger partial charge on any atom is -0.324 e.